The predicted molar refractivity (Wildman–Crippen MR) is 137 cm³/mol. The third-order valence-electron chi connectivity index (χ3n) is 7.01. The number of halogens is 1. The summed E-state index contributed by atoms with van der Waals surface area (Å²) in [5.41, 5.74) is 1.39. The van der Waals surface area contributed by atoms with Gasteiger partial charge in [-0.2, -0.15) is 0 Å². The standard InChI is InChI=1S/C27H33ClN2O5/c1-7-26(3,4)27(5,6)15-34-17-11-9-16(10-12-17)22-23(25(33)29-8-2)30-35-24(22)18-13-19(28)21(32)14-20(18)31/h9-14,31-32H,7-8,15H2,1-6H3,(H,29,33). The number of ether oxygens (including phenoxy) is 1. The number of phenolic OH excluding ortho intramolecular Hbond substituents is 2. The Labute approximate surface area is 211 Å². The van der Waals surface area contributed by atoms with Gasteiger partial charge in [0.15, 0.2) is 11.5 Å². The second-order valence-corrected chi connectivity index (χ2v) is 10.3. The van der Waals surface area contributed by atoms with Gasteiger partial charge in [0.1, 0.15) is 17.2 Å². The Morgan fingerprint density at radius 1 is 1.06 bits per heavy atom. The minimum atomic E-state index is -0.411. The van der Waals surface area contributed by atoms with E-state index in [2.05, 4.69) is 45.1 Å². The summed E-state index contributed by atoms with van der Waals surface area (Å²) in [4.78, 5) is 12.7. The fraction of sp³-hybridized carbons (Fsp3) is 0.407. The third kappa shape index (κ3) is 5.40. The molecule has 0 atom stereocenters. The van der Waals surface area contributed by atoms with E-state index in [1.54, 1.807) is 6.92 Å². The van der Waals surface area contributed by atoms with Crippen LogP contribution in [0.3, 0.4) is 0 Å². The number of nitrogens with zero attached hydrogens (tertiary/aromatic N) is 1. The number of rotatable bonds is 9. The number of aromatic hydroxyl groups is 2. The summed E-state index contributed by atoms with van der Waals surface area (Å²) in [5.74, 6) is -0.0845. The molecule has 0 saturated heterocycles. The van der Waals surface area contributed by atoms with Gasteiger partial charge in [-0.05, 0) is 36.1 Å². The monoisotopic (exact) mass is 500 g/mol. The fourth-order valence-corrected chi connectivity index (χ4v) is 3.69. The van der Waals surface area contributed by atoms with Crippen LogP contribution < -0.4 is 10.1 Å². The normalized spacial score (nSPS) is 12.0. The predicted octanol–water partition coefficient (Wildman–Crippen LogP) is 6.66. The molecule has 0 bridgehead atoms. The van der Waals surface area contributed by atoms with Gasteiger partial charge in [0.2, 0.25) is 0 Å². The Hall–Kier alpha value is -3.19. The highest BCUT2D eigenvalue weighted by atomic mass is 35.5. The lowest BCUT2D eigenvalue weighted by Gasteiger charge is -2.40. The maximum Gasteiger partial charge on any atom is 0.274 e. The Morgan fingerprint density at radius 2 is 1.71 bits per heavy atom. The molecule has 35 heavy (non-hydrogen) atoms. The van der Waals surface area contributed by atoms with E-state index in [0.29, 0.717) is 30.0 Å². The van der Waals surface area contributed by atoms with E-state index in [-0.39, 0.29) is 44.4 Å². The maximum atomic E-state index is 12.7. The van der Waals surface area contributed by atoms with E-state index < -0.39 is 5.91 Å². The number of benzene rings is 2. The third-order valence-corrected chi connectivity index (χ3v) is 7.32. The maximum absolute atomic E-state index is 12.7. The van der Waals surface area contributed by atoms with Crippen LogP contribution in [0.5, 0.6) is 17.2 Å². The Morgan fingerprint density at radius 3 is 2.31 bits per heavy atom. The summed E-state index contributed by atoms with van der Waals surface area (Å²) in [6.07, 6.45) is 1.04. The van der Waals surface area contributed by atoms with Crippen molar-refractivity contribution in [1.82, 2.24) is 10.5 Å². The lowest BCUT2D eigenvalue weighted by molar-refractivity contribution is 0.0451. The zero-order valence-electron chi connectivity index (χ0n) is 21.0. The van der Waals surface area contributed by atoms with Crippen LogP contribution in [-0.2, 0) is 0 Å². The molecule has 2 aromatic carbocycles. The number of hydrogen-bond acceptors (Lipinski definition) is 6. The summed E-state index contributed by atoms with van der Waals surface area (Å²) in [7, 11) is 0. The van der Waals surface area contributed by atoms with Crippen molar-refractivity contribution >= 4 is 17.5 Å². The molecule has 0 aliphatic carbocycles. The number of hydrogen-bond donors (Lipinski definition) is 3. The molecule has 1 aromatic heterocycles. The zero-order chi connectivity index (χ0) is 26.0. The van der Waals surface area contributed by atoms with Gasteiger partial charge in [0.25, 0.3) is 5.91 Å². The van der Waals surface area contributed by atoms with Gasteiger partial charge < -0.3 is 24.8 Å². The first-order chi connectivity index (χ1) is 16.4. The summed E-state index contributed by atoms with van der Waals surface area (Å²) in [6, 6.07) is 9.76. The molecule has 8 heteroatoms. The van der Waals surface area contributed by atoms with Crippen LogP contribution in [0, 0.1) is 10.8 Å². The number of aromatic nitrogens is 1. The Balaban J connectivity index is 2.00. The van der Waals surface area contributed by atoms with Crippen molar-refractivity contribution in [3.8, 4) is 39.7 Å². The smallest absolute Gasteiger partial charge is 0.274 e. The second kappa shape index (κ2) is 10.2. The van der Waals surface area contributed by atoms with E-state index in [1.807, 2.05) is 24.3 Å². The van der Waals surface area contributed by atoms with Gasteiger partial charge in [-0.25, -0.2) is 0 Å². The lowest BCUT2D eigenvalue weighted by Crippen LogP contribution is -2.37. The molecule has 0 aliphatic rings. The number of amides is 1. The summed E-state index contributed by atoms with van der Waals surface area (Å²) >= 11 is 6.07. The molecule has 1 heterocycles. The molecule has 1 amide bonds. The van der Waals surface area contributed by atoms with Crippen molar-refractivity contribution in [3.63, 3.8) is 0 Å². The average Bonchev–Trinajstić information content (AvgIpc) is 3.25. The van der Waals surface area contributed by atoms with Crippen molar-refractivity contribution in [2.75, 3.05) is 13.2 Å². The molecule has 0 fully saturated rings. The quantitative estimate of drug-likeness (QED) is 0.303. The first-order valence-electron chi connectivity index (χ1n) is 11.6. The lowest BCUT2D eigenvalue weighted by atomic mass is 9.67. The molecule has 3 aromatic rings. The van der Waals surface area contributed by atoms with Gasteiger partial charge in [0, 0.05) is 18.0 Å². The zero-order valence-corrected chi connectivity index (χ0v) is 21.8. The number of phenols is 2. The van der Waals surface area contributed by atoms with Crippen molar-refractivity contribution in [2.45, 2.75) is 48.0 Å². The molecule has 0 radical (unpaired) electrons. The minimum Gasteiger partial charge on any atom is -0.507 e. The highest BCUT2D eigenvalue weighted by molar-refractivity contribution is 6.32. The van der Waals surface area contributed by atoms with Crippen molar-refractivity contribution in [3.05, 3.63) is 47.1 Å². The van der Waals surface area contributed by atoms with E-state index in [4.69, 9.17) is 20.9 Å². The molecule has 188 valence electrons. The van der Waals surface area contributed by atoms with Crippen molar-refractivity contribution < 1.29 is 24.3 Å². The van der Waals surface area contributed by atoms with Crippen LogP contribution in [0.2, 0.25) is 5.02 Å². The molecular weight excluding hydrogens is 468 g/mol. The molecule has 0 unspecified atom stereocenters. The van der Waals surface area contributed by atoms with Crippen molar-refractivity contribution in [1.29, 1.82) is 0 Å². The van der Waals surface area contributed by atoms with Crippen LogP contribution in [0.1, 0.15) is 58.5 Å². The second-order valence-electron chi connectivity index (χ2n) is 9.85. The largest absolute Gasteiger partial charge is 0.507 e. The van der Waals surface area contributed by atoms with Crippen LogP contribution in [0.25, 0.3) is 22.5 Å². The minimum absolute atomic E-state index is 0.0288. The topological polar surface area (TPSA) is 105 Å². The molecule has 3 N–H and O–H groups in total. The van der Waals surface area contributed by atoms with Gasteiger partial charge in [0.05, 0.1) is 22.8 Å². The van der Waals surface area contributed by atoms with Gasteiger partial charge >= 0.3 is 0 Å². The van der Waals surface area contributed by atoms with Gasteiger partial charge in [-0.3, -0.25) is 4.79 Å². The average molecular weight is 501 g/mol. The molecule has 7 nitrogen and oxygen atoms in total. The fourth-order valence-electron chi connectivity index (χ4n) is 3.53. The van der Waals surface area contributed by atoms with Crippen LogP contribution >= 0.6 is 11.6 Å². The van der Waals surface area contributed by atoms with E-state index in [0.717, 1.165) is 12.5 Å². The van der Waals surface area contributed by atoms with Gasteiger partial charge in [-0.15, -0.1) is 0 Å². The molecule has 3 rings (SSSR count). The molecule has 0 spiro atoms. The summed E-state index contributed by atoms with van der Waals surface area (Å²) in [6.45, 7) is 13.8. The van der Waals surface area contributed by atoms with E-state index in [9.17, 15) is 15.0 Å². The molecule has 0 saturated carbocycles. The van der Waals surface area contributed by atoms with Gasteiger partial charge in [-0.1, -0.05) is 69.9 Å². The number of nitrogens with one attached hydrogen (secondary N) is 1. The highest BCUT2D eigenvalue weighted by Gasteiger charge is 2.36. The van der Waals surface area contributed by atoms with E-state index >= 15 is 0 Å². The SMILES string of the molecule is CCNC(=O)c1noc(-c2cc(Cl)c(O)cc2O)c1-c1ccc(OCC(C)(C)C(C)(C)CC)cc1. The number of carbonyl (C=O) groups excluding carboxylic acids is 1. The van der Waals surface area contributed by atoms with Crippen LogP contribution in [0.4, 0.5) is 0 Å². The van der Waals surface area contributed by atoms with Crippen LogP contribution in [0.15, 0.2) is 40.9 Å². The van der Waals surface area contributed by atoms with Crippen molar-refractivity contribution in [2.24, 2.45) is 10.8 Å². The Kier molecular flexibility index (Phi) is 7.70. The molecular formula is C27H33ClN2O5. The van der Waals surface area contributed by atoms with Crippen LogP contribution in [-0.4, -0.2) is 34.4 Å². The highest BCUT2D eigenvalue weighted by Crippen LogP contribution is 2.44. The Bertz CT molecular complexity index is 1200. The first-order valence-corrected chi connectivity index (χ1v) is 12.0. The summed E-state index contributed by atoms with van der Waals surface area (Å²) < 4.78 is 11.6. The first kappa shape index (κ1) is 26.4. The molecule has 0 aliphatic heterocycles. The number of carbonyl (C=O) groups is 1. The summed E-state index contributed by atoms with van der Waals surface area (Å²) in [5, 5.41) is 27.0. The van der Waals surface area contributed by atoms with E-state index in [1.165, 1.54) is 6.07 Å².